The molecule has 0 aromatic heterocycles. The van der Waals surface area contributed by atoms with Crippen LogP contribution < -0.4 is 0 Å². The molecule has 2 fully saturated rings. The smallest absolute Gasteiger partial charge is 0.306 e. The predicted molar refractivity (Wildman–Crippen MR) is 335 cm³/mol. The van der Waals surface area contributed by atoms with Gasteiger partial charge in [0.1, 0.15) is 54.9 Å². The molecule has 0 spiro atoms. The Kier molecular flexibility index (Phi) is 50.9. The Bertz CT molecular complexity index is 1600. The molecule has 0 saturated carbocycles. The molecule has 0 amide bonds. The zero-order valence-corrected chi connectivity index (χ0v) is 52.4. The second-order valence-corrected chi connectivity index (χ2v) is 23.6. The van der Waals surface area contributed by atoms with Crippen LogP contribution in [0.1, 0.15) is 271 Å². The third-order valence-corrected chi connectivity index (χ3v) is 16.0. The molecule has 2 aliphatic rings. The third-order valence-electron chi connectivity index (χ3n) is 16.0. The highest BCUT2D eigenvalue weighted by atomic mass is 16.7. The maximum absolute atomic E-state index is 13.1. The number of aliphatic hydroxyl groups excluding tert-OH is 7. The molecular weight excluding hydrogens is 1050 g/mol. The molecule has 14 heteroatoms. The lowest BCUT2D eigenvalue weighted by Crippen LogP contribution is -2.61. The van der Waals surface area contributed by atoms with E-state index in [0.29, 0.717) is 13.0 Å². The number of unbranched alkanes of at least 4 members (excludes halogenated alkanes) is 32. The number of allylic oxidation sites excluding steroid dienone is 10. The molecule has 0 aromatic rings. The number of rotatable bonds is 56. The van der Waals surface area contributed by atoms with Crippen LogP contribution in [0.2, 0.25) is 0 Å². The van der Waals surface area contributed by atoms with Crippen molar-refractivity contribution in [2.45, 2.75) is 338 Å². The standard InChI is InChI=1S/C69H124O14/c1-3-5-7-9-11-13-15-17-19-21-23-25-27-29-30-32-34-36-38-40-42-44-46-48-50-52-61(71)81-58(56-79-68-67(77)65(75)63(73)60(83-68)57-80-69-66(76)64(74)62(72)59(54-70)82-69)55-78-53-51-49-47-45-43-41-39-37-35-33-31-28-26-24-22-20-18-16-14-12-10-8-6-4-2/h6,8,12,14,18,20-21,23-24,26,58-60,62-70,72-77H,3-5,7,9-11,13,15-17,19,22,25,27-57H2,1-2H3/b8-6-,14-12-,20-18-,23-21-,26-24-. The minimum Gasteiger partial charge on any atom is -0.457 e. The van der Waals surface area contributed by atoms with Crippen molar-refractivity contribution in [2.24, 2.45) is 0 Å². The van der Waals surface area contributed by atoms with Gasteiger partial charge in [-0.3, -0.25) is 4.79 Å². The largest absolute Gasteiger partial charge is 0.457 e. The molecule has 14 nitrogen and oxygen atoms in total. The predicted octanol–water partition coefficient (Wildman–Crippen LogP) is 14.0. The number of carbonyl (C=O) groups excluding carboxylic acids is 1. The van der Waals surface area contributed by atoms with E-state index in [0.717, 1.165) is 70.6 Å². The zero-order chi connectivity index (χ0) is 60.1. The molecule has 0 bridgehead atoms. The summed E-state index contributed by atoms with van der Waals surface area (Å²) in [5.74, 6) is -0.374. The van der Waals surface area contributed by atoms with Crippen LogP contribution in [0.25, 0.3) is 0 Å². The van der Waals surface area contributed by atoms with Crippen LogP contribution in [-0.4, -0.2) is 142 Å². The lowest BCUT2D eigenvalue weighted by Gasteiger charge is -2.42. The first kappa shape index (κ1) is 76.8. The van der Waals surface area contributed by atoms with Gasteiger partial charge in [0.25, 0.3) is 0 Å². The molecule has 0 radical (unpaired) electrons. The maximum atomic E-state index is 13.1. The first-order valence-electron chi connectivity index (χ1n) is 33.9. The molecular formula is C69H124O14. The van der Waals surface area contributed by atoms with Gasteiger partial charge in [-0.25, -0.2) is 0 Å². The number of esters is 1. The van der Waals surface area contributed by atoms with Crippen molar-refractivity contribution >= 4 is 5.97 Å². The molecule has 2 aliphatic heterocycles. The van der Waals surface area contributed by atoms with Gasteiger partial charge in [0.2, 0.25) is 0 Å². The van der Waals surface area contributed by atoms with E-state index in [1.165, 1.54) is 173 Å². The van der Waals surface area contributed by atoms with Crippen LogP contribution >= 0.6 is 0 Å². The van der Waals surface area contributed by atoms with Crippen molar-refractivity contribution in [3.8, 4) is 0 Å². The minimum absolute atomic E-state index is 0.0594. The minimum atomic E-state index is -1.71. The second-order valence-electron chi connectivity index (χ2n) is 23.6. The van der Waals surface area contributed by atoms with Crippen LogP contribution in [0, 0.1) is 0 Å². The highest BCUT2D eigenvalue weighted by Gasteiger charge is 2.47. The van der Waals surface area contributed by atoms with Gasteiger partial charge in [0.15, 0.2) is 12.6 Å². The monoisotopic (exact) mass is 1180 g/mol. The van der Waals surface area contributed by atoms with E-state index in [-0.39, 0.29) is 25.6 Å². The Labute approximate surface area is 504 Å². The lowest BCUT2D eigenvalue weighted by molar-refractivity contribution is -0.332. The van der Waals surface area contributed by atoms with E-state index in [9.17, 15) is 40.5 Å². The van der Waals surface area contributed by atoms with E-state index >= 15 is 0 Å². The van der Waals surface area contributed by atoms with Gasteiger partial charge in [0.05, 0.1) is 26.4 Å². The fourth-order valence-corrected chi connectivity index (χ4v) is 10.6. The Morgan fingerprint density at radius 3 is 1.24 bits per heavy atom. The normalized spacial score (nSPS) is 23.8. The summed E-state index contributed by atoms with van der Waals surface area (Å²) in [5, 5.41) is 72.6. The van der Waals surface area contributed by atoms with Gasteiger partial charge in [0, 0.05) is 13.0 Å². The topological polar surface area (TPSA) is 214 Å². The van der Waals surface area contributed by atoms with Crippen molar-refractivity contribution in [3.63, 3.8) is 0 Å². The van der Waals surface area contributed by atoms with E-state index in [4.69, 9.17) is 28.4 Å². The van der Waals surface area contributed by atoms with Crippen LogP contribution in [0.3, 0.4) is 0 Å². The van der Waals surface area contributed by atoms with Crippen molar-refractivity contribution in [1.29, 1.82) is 0 Å². The van der Waals surface area contributed by atoms with Crippen molar-refractivity contribution in [1.82, 2.24) is 0 Å². The highest BCUT2D eigenvalue weighted by molar-refractivity contribution is 5.69. The highest BCUT2D eigenvalue weighted by Crippen LogP contribution is 2.27. The van der Waals surface area contributed by atoms with Crippen molar-refractivity contribution in [3.05, 3.63) is 60.8 Å². The Morgan fingerprint density at radius 1 is 0.410 bits per heavy atom. The van der Waals surface area contributed by atoms with Gasteiger partial charge in [-0.2, -0.15) is 0 Å². The lowest BCUT2D eigenvalue weighted by atomic mass is 9.98. The summed E-state index contributed by atoms with van der Waals surface area (Å²) >= 11 is 0. The van der Waals surface area contributed by atoms with Crippen molar-refractivity contribution < 1.29 is 69.0 Å². The summed E-state index contributed by atoms with van der Waals surface area (Å²) < 4.78 is 34.5. The molecule has 2 rings (SSSR count). The fourth-order valence-electron chi connectivity index (χ4n) is 10.6. The van der Waals surface area contributed by atoms with E-state index in [1.54, 1.807) is 0 Å². The fraction of sp³-hybridized carbons (Fsp3) is 0.841. The number of ether oxygens (including phenoxy) is 6. The van der Waals surface area contributed by atoms with E-state index in [1.807, 2.05) is 0 Å². The Balaban J connectivity index is 1.65. The second kappa shape index (κ2) is 55.0. The summed E-state index contributed by atoms with van der Waals surface area (Å²) in [6, 6.07) is 0. The molecule has 0 aliphatic carbocycles. The van der Waals surface area contributed by atoms with Gasteiger partial charge in [-0.05, 0) is 77.0 Å². The number of hydrogen-bond acceptors (Lipinski definition) is 14. The molecule has 11 atom stereocenters. The van der Waals surface area contributed by atoms with Crippen LogP contribution in [0.5, 0.6) is 0 Å². The third kappa shape index (κ3) is 40.7. The average Bonchev–Trinajstić information content (AvgIpc) is 3.67. The summed E-state index contributed by atoms with van der Waals surface area (Å²) in [4.78, 5) is 13.1. The van der Waals surface area contributed by atoms with Gasteiger partial charge in [-0.1, -0.05) is 248 Å². The summed E-state index contributed by atoms with van der Waals surface area (Å²) in [5.41, 5.74) is 0. The van der Waals surface area contributed by atoms with Gasteiger partial charge < -0.3 is 64.2 Å². The molecule has 0 aromatic carbocycles. The molecule has 2 heterocycles. The molecule has 2 saturated heterocycles. The number of hydrogen-bond donors (Lipinski definition) is 7. The zero-order valence-electron chi connectivity index (χ0n) is 52.4. The first-order chi connectivity index (χ1) is 40.6. The first-order valence-corrected chi connectivity index (χ1v) is 33.9. The van der Waals surface area contributed by atoms with E-state index < -0.39 is 80.7 Å². The molecule has 484 valence electrons. The molecule has 11 unspecified atom stereocenters. The molecule has 7 N–H and O–H groups in total. The summed E-state index contributed by atoms with van der Waals surface area (Å²) in [6.07, 6.45) is 54.3. The summed E-state index contributed by atoms with van der Waals surface area (Å²) in [7, 11) is 0. The number of carbonyl (C=O) groups is 1. The quantitative estimate of drug-likeness (QED) is 0.0171. The average molecular weight is 1180 g/mol. The SMILES string of the molecule is CC/C=C\C/C=C\C/C=C\C/C=C\CCCCCCCCCCCCCOCC(COC1OC(COC2OC(CO)C(O)C(O)C2O)C(O)C(O)C1O)OC(=O)CCCCCCCCCCCCCCC/C=C\CCCCCCCCCC. The van der Waals surface area contributed by atoms with Gasteiger partial charge in [-0.15, -0.1) is 0 Å². The van der Waals surface area contributed by atoms with E-state index in [2.05, 4.69) is 74.6 Å². The van der Waals surface area contributed by atoms with Crippen LogP contribution in [-0.2, 0) is 33.2 Å². The molecule has 83 heavy (non-hydrogen) atoms. The summed E-state index contributed by atoms with van der Waals surface area (Å²) in [6.45, 7) is 3.61. The maximum Gasteiger partial charge on any atom is 0.306 e. The number of aliphatic hydroxyl groups is 7. The van der Waals surface area contributed by atoms with Gasteiger partial charge >= 0.3 is 5.97 Å². The Morgan fingerprint density at radius 2 is 0.783 bits per heavy atom. The van der Waals surface area contributed by atoms with Crippen LogP contribution in [0.15, 0.2) is 60.8 Å². The Hall–Kier alpha value is -2.31. The van der Waals surface area contributed by atoms with Crippen molar-refractivity contribution in [2.75, 3.05) is 33.0 Å². The van der Waals surface area contributed by atoms with Crippen LogP contribution in [0.4, 0.5) is 0 Å².